The minimum absolute atomic E-state index is 0.230. The smallest absolute Gasteiger partial charge is 0.254 e. The minimum atomic E-state index is 0.230. The third kappa shape index (κ3) is 2.41. The van der Waals surface area contributed by atoms with Crippen LogP contribution in [0.4, 0.5) is 5.69 Å². The van der Waals surface area contributed by atoms with Crippen LogP contribution >= 0.6 is 0 Å². The maximum Gasteiger partial charge on any atom is 0.254 e. The Hall–Kier alpha value is -1.51. The fourth-order valence-corrected chi connectivity index (χ4v) is 3.40. The molecule has 2 aliphatic heterocycles. The first-order valence-electron chi connectivity index (χ1n) is 7.82. The van der Waals surface area contributed by atoms with Crippen LogP contribution in [0.3, 0.4) is 0 Å². The van der Waals surface area contributed by atoms with E-state index in [-0.39, 0.29) is 5.91 Å². The van der Waals surface area contributed by atoms with E-state index in [1.807, 2.05) is 12.1 Å². The van der Waals surface area contributed by atoms with Gasteiger partial charge in [0.05, 0.1) is 0 Å². The quantitative estimate of drug-likeness (QED) is 0.897. The highest BCUT2D eigenvalue weighted by Gasteiger charge is 2.30. The van der Waals surface area contributed by atoms with E-state index in [1.165, 1.54) is 5.56 Å². The molecule has 3 heteroatoms. The molecule has 0 radical (unpaired) electrons. The summed E-state index contributed by atoms with van der Waals surface area (Å²) in [5.74, 6) is 1.56. The average Bonchev–Trinajstić information content (AvgIpc) is 2.96. The van der Waals surface area contributed by atoms with E-state index >= 15 is 0 Å². The molecule has 20 heavy (non-hydrogen) atoms. The highest BCUT2D eigenvalue weighted by molar-refractivity contribution is 5.97. The summed E-state index contributed by atoms with van der Waals surface area (Å²) in [5, 5.41) is 3.40. The van der Waals surface area contributed by atoms with Gasteiger partial charge in [-0.05, 0) is 48.8 Å². The first-order valence-corrected chi connectivity index (χ1v) is 7.82. The molecule has 3 nitrogen and oxygen atoms in total. The van der Waals surface area contributed by atoms with Gasteiger partial charge in [0.2, 0.25) is 0 Å². The third-order valence-corrected chi connectivity index (χ3v) is 4.78. The number of carbonyl (C=O) groups excluding carboxylic acids is 1. The van der Waals surface area contributed by atoms with Crippen molar-refractivity contribution in [3.8, 4) is 0 Å². The monoisotopic (exact) mass is 272 g/mol. The molecule has 1 amide bonds. The van der Waals surface area contributed by atoms with Crippen molar-refractivity contribution in [2.45, 2.75) is 33.1 Å². The second-order valence-electron chi connectivity index (χ2n) is 6.41. The SMILES string of the molecule is CC(C)C1CCN(C(=O)c2cccc3c2CCCN3)C1. The summed E-state index contributed by atoms with van der Waals surface area (Å²) in [6.45, 7) is 7.37. The van der Waals surface area contributed by atoms with Gasteiger partial charge in [-0.25, -0.2) is 0 Å². The highest BCUT2D eigenvalue weighted by Crippen LogP contribution is 2.29. The highest BCUT2D eigenvalue weighted by atomic mass is 16.2. The lowest BCUT2D eigenvalue weighted by Crippen LogP contribution is -2.30. The molecular formula is C17H24N2O. The molecule has 1 saturated heterocycles. The Balaban J connectivity index is 1.81. The molecule has 2 aliphatic rings. The topological polar surface area (TPSA) is 32.3 Å². The summed E-state index contributed by atoms with van der Waals surface area (Å²) in [7, 11) is 0. The van der Waals surface area contributed by atoms with Crippen molar-refractivity contribution < 1.29 is 4.79 Å². The molecular weight excluding hydrogens is 248 g/mol. The fraction of sp³-hybridized carbons (Fsp3) is 0.588. The zero-order chi connectivity index (χ0) is 14.1. The number of fused-ring (bicyclic) bond motifs is 1. The van der Waals surface area contributed by atoms with Crippen LogP contribution in [-0.2, 0) is 6.42 Å². The summed E-state index contributed by atoms with van der Waals surface area (Å²) in [6.07, 6.45) is 3.29. The van der Waals surface area contributed by atoms with Gasteiger partial charge in [-0.3, -0.25) is 4.79 Å². The van der Waals surface area contributed by atoms with Crippen LogP contribution in [0.2, 0.25) is 0 Å². The summed E-state index contributed by atoms with van der Waals surface area (Å²) < 4.78 is 0. The van der Waals surface area contributed by atoms with E-state index in [0.717, 1.165) is 50.1 Å². The van der Waals surface area contributed by atoms with Crippen molar-refractivity contribution in [2.24, 2.45) is 11.8 Å². The van der Waals surface area contributed by atoms with Gasteiger partial charge in [0.1, 0.15) is 0 Å². The molecule has 1 N–H and O–H groups in total. The van der Waals surface area contributed by atoms with Gasteiger partial charge < -0.3 is 10.2 Å². The lowest BCUT2D eigenvalue weighted by atomic mass is 9.95. The van der Waals surface area contributed by atoms with Crippen LogP contribution < -0.4 is 5.32 Å². The maximum absolute atomic E-state index is 12.8. The lowest BCUT2D eigenvalue weighted by Gasteiger charge is -2.24. The largest absolute Gasteiger partial charge is 0.385 e. The number of benzene rings is 1. The molecule has 1 atom stereocenters. The van der Waals surface area contributed by atoms with E-state index in [9.17, 15) is 4.79 Å². The number of likely N-dealkylation sites (tertiary alicyclic amines) is 1. The molecule has 2 heterocycles. The van der Waals surface area contributed by atoms with Crippen molar-refractivity contribution >= 4 is 11.6 Å². The molecule has 0 bridgehead atoms. The predicted octanol–water partition coefficient (Wildman–Crippen LogP) is 3.16. The Morgan fingerprint density at radius 1 is 1.40 bits per heavy atom. The van der Waals surface area contributed by atoms with E-state index in [1.54, 1.807) is 0 Å². The fourth-order valence-electron chi connectivity index (χ4n) is 3.40. The summed E-state index contributed by atoms with van der Waals surface area (Å²) >= 11 is 0. The number of hydrogen-bond acceptors (Lipinski definition) is 2. The van der Waals surface area contributed by atoms with Gasteiger partial charge in [0.25, 0.3) is 5.91 Å². The second-order valence-corrected chi connectivity index (χ2v) is 6.41. The summed E-state index contributed by atoms with van der Waals surface area (Å²) in [4.78, 5) is 14.8. The van der Waals surface area contributed by atoms with E-state index < -0.39 is 0 Å². The Kier molecular flexibility index (Phi) is 3.68. The zero-order valence-corrected chi connectivity index (χ0v) is 12.5. The van der Waals surface area contributed by atoms with Crippen molar-refractivity contribution in [3.63, 3.8) is 0 Å². The number of nitrogens with one attached hydrogen (secondary N) is 1. The number of amides is 1. The first-order chi connectivity index (χ1) is 9.66. The third-order valence-electron chi connectivity index (χ3n) is 4.78. The second kappa shape index (κ2) is 5.47. The van der Waals surface area contributed by atoms with Gasteiger partial charge in [0.15, 0.2) is 0 Å². The number of carbonyl (C=O) groups is 1. The van der Waals surface area contributed by atoms with E-state index in [0.29, 0.717) is 11.8 Å². The molecule has 1 unspecified atom stereocenters. The minimum Gasteiger partial charge on any atom is -0.385 e. The standard InChI is InChI=1S/C17H24N2O/c1-12(2)13-8-10-19(11-13)17(20)15-5-3-7-16-14(15)6-4-9-18-16/h3,5,7,12-13,18H,4,6,8-11H2,1-2H3. The van der Waals surface area contributed by atoms with Crippen LogP contribution in [0.25, 0.3) is 0 Å². The van der Waals surface area contributed by atoms with Crippen molar-refractivity contribution in [1.29, 1.82) is 0 Å². The van der Waals surface area contributed by atoms with Gasteiger partial charge in [0, 0.05) is 30.9 Å². The van der Waals surface area contributed by atoms with Crippen LogP contribution in [-0.4, -0.2) is 30.4 Å². The van der Waals surface area contributed by atoms with Gasteiger partial charge in [-0.2, -0.15) is 0 Å². The molecule has 3 rings (SSSR count). The predicted molar refractivity (Wildman–Crippen MR) is 82.1 cm³/mol. The van der Waals surface area contributed by atoms with Crippen molar-refractivity contribution in [3.05, 3.63) is 29.3 Å². The van der Waals surface area contributed by atoms with Gasteiger partial charge in [-0.15, -0.1) is 0 Å². The molecule has 108 valence electrons. The average molecular weight is 272 g/mol. The lowest BCUT2D eigenvalue weighted by molar-refractivity contribution is 0.0783. The molecule has 1 fully saturated rings. The van der Waals surface area contributed by atoms with Crippen LogP contribution in [0.15, 0.2) is 18.2 Å². The number of rotatable bonds is 2. The summed E-state index contributed by atoms with van der Waals surface area (Å²) in [6, 6.07) is 6.09. The van der Waals surface area contributed by atoms with Crippen LogP contribution in [0.5, 0.6) is 0 Å². The maximum atomic E-state index is 12.8. The van der Waals surface area contributed by atoms with Crippen molar-refractivity contribution in [2.75, 3.05) is 25.0 Å². The first kappa shape index (κ1) is 13.5. The normalized spacial score (nSPS) is 21.8. The number of hydrogen-bond donors (Lipinski definition) is 1. The Bertz CT molecular complexity index is 510. The Labute approximate surface area is 121 Å². The van der Waals surface area contributed by atoms with Crippen molar-refractivity contribution in [1.82, 2.24) is 4.90 Å². The van der Waals surface area contributed by atoms with Crippen LogP contribution in [0, 0.1) is 11.8 Å². The summed E-state index contributed by atoms with van der Waals surface area (Å²) in [5.41, 5.74) is 3.29. The zero-order valence-electron chi connectivity index (χ0n) is 12.5. The molecule has 1 aromatic carbocycles. The number of nitrogens with zero attached hydrogens (tertiary/aromatic N) is 1. The van der Waals surface area contributed by atoms with Crippen LogP contribution in [0.1, 0.15) is 42.6 Å². The van der Waals surface area contributed by atoms with Gasteiger partial charge >= 0.3 is 0 Å². The Morgan fingerprint density at radius 2 is 2.25 bits per heavy atom. The Morgan fingerprint density at radius 3 is 3.00 bits per heavy atom. The molecule has 0 spiro atoms. The number of anilines is 1. The molecule has 0 aliphatic carbocycles. The molecule has 1 aromatic rings. The molecule has 0 saturated carbocycles. The van der Waals surface area contributed by atoms with E-state index in [4.69, 9.17) is 0 Å². The van der Waals surface area contributed by atoms with Gasteiger partial charge in [-0.1, -0.05) is 19.9 Å². The van der Waals surface area contributed by atoms with E-state index in [2.05, 4.69) is 30.1 Å². The molecule has 0 aromatic heterocycles.